The molecule has 56 heavy (non-hydrogen) atoms. The Balaban J connectivity index is 1.45. The summed E-state index contributed by atoms with van der Waals surface area (Å²) in [5, 5.41) is 106. The van der Waals surface area contributed by atoms with Crippen molar-refractivity contribution in [2.45, 2.75) is 151 Å². The summed E-state index contributed by atoms with van der Waals surface area (Å²) in [5.74, 6) is 0.774. The molecule has 17 heteroatoms. The fourth-order valence-corrected chi connectivity index (χ4v) is 7.76. The second-order valence-electron chi connectivity index (χ2n) is 15.5. The highest BCUT2D eigenvalue weighted by Gasteiger charge is 2.55. The molecule has 0 bridgehead atoms. The highest BCUT2D eigenvalue weighted by atomic mass is 16.8. The summed E-state index contributed by atoms with van der Waals surface area (Å²) >= 11 is 0. The normalized spacial score (nSPS) is 38.0. The zero-order chi connectivity index (χ0) is 40.6. The molecule has 4 aliphatic rings. The van der Waals surface area contributed by atoms with E-state index >= 15 is 0 Å². The number of hydrogen-bond donors (Lipinski definition) is 10. The van der Waals surface area contributed by atoms with Crippen molar-refractivity contribution < 1.29 is 84.2 Å². The van der Waals surface area contributed by atoms with Crippen LogP contribution in [0.15, 0.2) is 30.3 Å². The smallest absolute Gasteiger partial charge is 0.229 e. The zero-order valence-electron chi connectivity index (χ0n) is 31.8. The largest absolute Gasteiger partial charge is 0.482 e. The predicted octanol–water partition coefficient (Wildman–Crippen LogP) is -1.15. The van der Waals surface area contributed by atoms with Crippen LogP contribution in [0.5, 0.6) is 11.5 Å². The number of hydrogen-bond acceptors (Lipinski definition) is 17. The van der Waals surface area contributed by atoms with Gasteiger partial charge in [0.2, 0.25) is 6.29 Å². The molecule has 0 aliphatic carbocycles. The molecule has 2 aromatic rings. The van der Waals surface area contributed by atoms with Crippen molar-refractivity contribution in [1.29, 1.82) is 0 Å². The first kappa shape index (κ1) is 43.0. The van der Waals surface area contributed by atoms with E-state index in [0.717, 1.165) is 41.5 Å². The van der Waals surface area contributed by atoms with Gasteiger partial charge in [-0.25, -0.2) is 0 Å². The van der Waals surface area contributed by atoms with E-state index in [1.165, 1.54) is 0 Å². The van der Waals surface area contributed by atoms with Crippen molar-refractivity contribution in [3.8, 4) is 22.6 Å². The van der Waals surface area contributed by atoms with E-state index in [1.54, 1.807) is 0 Å². The van der Waals surface area contributed by atoms with Crippen LogP contribution in [0.1, 0.15) is 56.7 Å². The molecule has 0 radical (unpaired) electrons. The Hall–Kier alpha value is -2.56. The summed E-state index contributed by atoms with van der Waals surface area (Å²) < 4.78 is 43.0. The maximum atomic E-state index is 11.6. The van der Waals surface area contributed by atoms with Gasteiger partial charge >= 0.3 is 0 Å². The molecule has 0 amide bonds. The second-order valence-corrected chi connectivity index (χ2v) is 15.5. The fourth-order valence-electron chi connectivity index (χ4n) is 7.76. The van der Waals surface area contributed by atoms with Crippen LogP contribution in [0.25, 0.3) is 11.1 Å². The van der Waals surface area contributed by atoms with E-state index in [9.17, 15) is 51.1 Å². The molecule has 0 spiro atoms. The Kier molecular flexibility index (Phi) is 13.6. The summed E-state index contributed by atoms with van der Waals surface area (Å²) in [6.07, 6.45) is -22.2. The lowest BCUT2D eigenvalue weighted by molar-refractivity contribution is -0.384. The number of unbranched alkanes of at least 4 members (excludes halogenated alkanes) is 2. The Bertz CT molecular complexity index is 1620. The van der Waals surface area contributed by atoms with Crippen molar-refractivity contribution in [2.24, 2.45) is 0 Å². The average molecular weight is 797 g/mol. The summed E-state index contributed by atoms with van der Waals surface area (Å²) in [5.41, 5.74) is 3.33. The summed E-state index contributed by atoms with van der Waals surface area (Å²) in [7, 11) is 0. The van der Waals surface area contributed by atoms with Crippen molar-refractivity contribution in [3.63, 3.8) is 0 Å². The molecule has 2 aromatic carbocycles. The van der Waals surface area contributed by atoms with Crippen LogP contribution < -0.4 is 9.47 Å². The number of rotatable bonds is 13. The standard InChI is InChI=1S/C39H56O17/c1-5-6-7-8-18-12-21(26-19-11-17(2)9-10-20(19)39(3,4)56-22(26)13-18)50-38-35(55-37-33(49)31(47)28(44)24(15-41)52-37)34(29(45)25(16-42)53-38)54-36-32(48)30(46)27(43)23(14-40)51-36/h9-13,23-25,27-38,40-49H,5-8,14-16H2,1-4H3/t23-,24-,25-,27-,28-,29-,30+,31+,32-,33-,34+,35-,36+,37?,38-/m1/s1. The van der Waals surface area contributed by atoms with E-state index in [0.29, 0.717) is 17.7 Å². The van der Waals surface area contributed by atoms with E-state index in [-0.39, 0.29) is 5.75 Å². The Morgan fingerprint density at radius 3 is 1.77 bits per heavy atom. The van der Waals surface area contributed by atoms with Gasteiger partial charge in [0.25, 0.3) is 0 Å². The molecule has 3 saturated heterocycles. The third-order valence-corrected chi connectivity index (χ3v) is 11.0. The number of aliphatic hydroxyl groups is 10. The van der Waals surface area contributed by atoms with Crippen molar-refractivity contribution >= 4 is 0 Å². The molecule has 10 N–H and O–H groups in total. The highest BCUT2D eigenvalue weighted by Crippen LogP contribution is 2.51. The SMILES string of the molecule is CCCCCc1cc(O[C@@H]2O[C@H](CO)[C@@H](O)[C@H](O[C@@H]3O[C@H](CO)[C@@H](O)[C@H](O)[C@H]3O)[C@H]2OC2O[C@H](CO)[C@@H](O)[C@H](O)[C@H]2O)c2c(c1)OC(C)(C)c1ccc(C)cc1-2. The molecule has 4 heterocycles. The second kappa shape index (κ2) is 17.7. The Morgan fingerprint density at radius 1 is 0.643 bits per heavy atom. The third-order valence-electron chi connectivity index (χ3n) is 11.0. The van der Waals surface area contributed by atoms with Gasteiger partial charge in [-0.1, -0.05) is 43.5 Å². The van der Waals surface area contributed by atoms with Gasteiger partial charge in [0, 0.05) is 5.56 Å². The van der Waals surface area contributed by atoms with Crippen LogP contribution in [0.4, 0.5) is 0 Å². The fraction of sp³-hybridized carbons (Fsp3) is 0.692. The van der Waals surface area contributed by atoms with Crippen molar-refractivity contribution in [2.75, 3.05) is 19.8 Å². The van der Waals surface area contributed by atoms with Crippen LogP contribution in [0.3, 0.4) is 0 Å². The Labute approximate surface area is 324 Å². The first-order chi connectivity index (χ1) is 26.6. The maximum absolute atomic E-state index is 11.6. The van der Waals surface area contributed by atoms with Crippen LogP contribution >= 0.6 is 0 Å². The van der Waals surface area contributed by atoms with Gasteiger partial charge in [-0.15, -0.1) is 0 Å². The molecular formula is C39H56O17. The zero-order valence-corrected chi connectivity index (χ0v) is 31.8. The number of aryl methyl sites for hydroxylation is 2. The van der Waals surface area contributed by atoms with Gasteiger partial charge in [-0.2, -0.15) is 0 Å². The summed E-state index contributed by atoms with van der Waals surface area (Å²) in [4.78, 5) is 0. The van der Waals surface area contributed by atoms with E-state index < -0.39 is 118 Å². The lowest BCUT2D eigenvalue weighted by atomic mass is 9.84. The lowest BCUT2D eigenvalue weighted by Gasteiger charge is -2.49. The van der Waals surface area contributed by atoms with E-state index in [2.05, 4.69) is 6.92 Å². The number of benzene rings is 2. The van der Waals surface area contributed by atoms with Crippen LogP contribution in [0, 0.1) is 6.92 Å². The predicted molar refractivity (Wildman–Crippen MR) is 193 cm³/mol. The molecule has 17 nitrogen and oxygen atoms in total. The van der Waals surface area contributed by atoms with Crippen LogP contribution in [0.2, 0.25) is 0 Å². The highest BCUT2D eigenvalue weighted by molar-refractivity contribution is 5.82. The number of aliphatic hydroxyl groups excluding tert-OH is 10. The minimum atomic E-state index is -1.92. The minimum absolute atomic E-state index is 0.253. The number of ether oxygens (including phenoxy) is 7. The first-order valence-corrected chi connectivity index (χ1v) is 19.1. The van der Waals surface area contributed by atoms with Gasteiger partial charge in [0.05, 0.1) is 25.4 Å². The van der Waals surface area contributed by atoms with Gasteiger partial charge in [-0.05, 0) is 56.9 Å². The molecular weight excluding hydrogens is 740 g/mol. The van der Waals surface area contributed by atoms with Gasteiger partial charge < -0.3 is 84.2 Å². The molecule has 3 fully saturated rings. The molecule has 15 atom stereocenters. The third kappa shape index (κ3) is 8.45. The quantitative estimate of drug-likeness (QED) is 0.107. The van der Waals surface area contributed by atoms with Gasteiger partial charge in [0.15, 0.2) is 18.7 Å². The van der Waals surface area contributed by atoms with Gasteiger partial charge in [-0.3, -0.25) is 0 Å². The maximum Gasteiger partial charge on any atom is 0.229 e. The number of fused-ring (bicyclic) bond motifs is 3. The van der Waals surface area contributed by atoms with E-state index in [1.807, 2.05) is 51.1 Å². The first-order valence-electron chi connectivity index (χ1n) is 19.1. The minimum Gasteiger partial charge on any atom is -0.482 e. The molecule has 4 aliphatic heterocycles. The molecule has 314 valence electrons. The topological polar surface area (TPSA) is 267 Å². The monoisotopic (exact) mass is 796 g/mol. The van der Waals surface area contributed by atoms with Crippen LogP contribution in [-0.4, -0.2) is 163 Å². The molecule has 0 saturated carbocycles. The molecule has 1 unspecified atom stereocenters. The Morgan fingerprint density at radius 2 is 1.20 bits per heavy atom. The van der Waals surface area contributed by atoms with Crippen LogP contribution in [-0.2, 0) is 35.7 Å². The summed E-state index contributed by atoms with van der Waals surface area (Å²) in [6, 6.07) is 9.72. The van der Waals surface area contributed by atoms with Crippen molar-refractivity contribution in [1.82, 2.24) is 0 Å². The average Bonchev–Trinajstić information content (AvgIpc) is 3.16. The molecule has 0 aromatic heterocycles. The van der Waals surface area contributed by atoms with Gasteiger partial charge in [0.1, 0.15) is 84.2 Å². The lowest BCUT2D eigenvalue weighted by Crippen LogP contribution is -2.67. The summed E-state index contributed by atoms with van der Waals surface area (Å²) in [6.45, 7) is 5.61. The van der Waals surface area contributed by atoms with E-state index in [4.69, 9.17) is 33.2 Å². The molecule has 6 rings (SSSR count). The van der Waals surface area contributed by atoms with Crippen molar-refractivity contribution in [3.05, 3.63) is 47.0 Å².